The summed E-state index contributed by atoms with van der Waals surface area (Å²) in [4.78, 5) is 29.3. The summed E-state index contributed by atoms with van der Waals surface area (Å²) in [6.07, 6.45) is 0.0368. The van der Waals surface area contributed by atoms with Crippen molar-refractivity contribution in [3.63, 3.8) is 0 Å². The second-order valence-electron chi connectivity index (χ2n) is 7.00. The van der Waals surface area contributed by atoms with Crippen LogP contribution in [0.5, 0.6) is 5.75 Å². The van der Waals surface area contributed by atoms with Gasteiger partial charge in [0, 0.05) is 30.3 Å². The summed E-state index contributed by atoms with van der Waals surface area (Å²) in [6.45, 7) is 1.10. The molecule has 2 aromatic heterocycles. The first-order chi connectivity index (χ1) is 16.1. The molecule has 0 fully saturated rings. The number of hydrogen-bond donors (Lipinski definition) is 1. The number of ether oxygens (including phenoxy) is 3. The molecule has 0 radical (unpaired) electrons. The van der Waals surface area contributed by atoms with Crippen molar-refractivity contribution in [3.8, 4) is 5.75 Å². The van der Waals surface area contributed by atoms with Gasteiger partial charge in [0.1, 0.15) is 11.3 Å². The molecular weight excluding hydrogens is 464 g/mol. The van der Waals surface area contributed by atoms with Crippen molar-refractivity contribution in [2.45, 2.75) is 10.8 Å². The Hall–Kier alpha value is -2.92. The molecule has 2 heterocycles. The summed E-state index contributed by atoms with van der Waals surface area (Å²) in [7, 11) is 3.17. The molecule has 33 heavy (non-hydrogen) atoms. The number of thioether (sulfide) groups is 1. The molecule has 0 aliphatic rings. The summed E-state index contributed by atoms with van der Waals surface area (Å²) >= 11 is 3.06. The Morgan fingerprint density at radius 1 is 1.15 bits per heavy atom. The fourth-order valence-corrected chi connectivity index (χ4v) is 5.05. The fourth-order valence-electron chi connectivity index (χ4n) is 3.20. The Balaban J connectivity index is 1.44. The average molecular weight is 487 g/mol. The van der Waals surface area contributed by atoms with Crippen molar-refractivity contribution >= 4 is 55.9 Å². The number of amides is 1. The topological polar surface area (TPSA) is 99.9 Å². The van der Waals surface area contributed by atoms with Gasteiger partial charge in [-0.3, -0.25) is 4.79 Å². The molecule has 2 aromatic carbocycles. The third kappa shape index (κ3) is 5.91. The summed E-state index contributed by atoms with van der Waals surface area (Å²) in [6, 6.07) is 12.1. The third-order valence-electron chi connectivity index (χ3n) is 4.74. The van der Waals surface area contributed by atoms with Gasteiger partial charge in [-0.05, 0) is 35.9 Å². The van der Waals surface area contributed by atoms with Gasteiger partial charge in [0.05, 0.1) is 42.9 Å². The number of thiazole rings is 1. The molecule has 0 aliphatic heterocycles. The van der Waals surface area contributed by atoms with E-state index in [9.17, 15) is 9.59 Å². The number of hydrogen-bond acceptors (Lipinski definition) is 9. The number of rotatable bonds is 10. The maximum Gasteiger partial charge on any atom is 0.336 e. The Bertz CT molecular complexity index is 1330. The summed E-state index contributed by atoms with van der Waals surface area (Å²) in [5.74, 6) is 0.837. The lowest BCUT2D eigenvalue weighted by Crippen LogP contribution is -2.15. The largest absolute Gasteiger partial charge is 0.497 e. The van der Waals surface area contributed by atoms with Gasteiger partial charge in [-0.1, -0.05) is 11.8 Å². The van der Waals surface area contributed by atoms with Gasteiger partial charge in [0.25, 0.3) is 0 Å². The van der Waals surface area contributed by atoms with Crippen molar-refractivity contribution < 1.29 is 23.4 Å². The van der Waals surface area contributed by atoms with Gasteiger partial charge in [-0.15, -0.1) is 11.3 Å². The van der Waals surface area contributed by atoms with Crippen LogP contribution in [0.15, 0.2) is 56.0 Å². The van der Waals surface area contributed by atoms with Gasteiger partial charge < -0.3 is 23.9 Å². The number of methoxy groups -OCH3 is 2. The van der Waals surface area contributed by atoms with Crippen LogP contribution in [0, 0.1) is 0 Å². The molecule has 0 saturated heterocycles. The highest BCUT2D eigenvalue weighted by atomic mass is 32.2. The first kappa shape index (κ1) is 23.2. The van der Waals surface area contributed by atoms with E-state index in [0.717, 1.165) is 14.6 Å². The summed E-state index contributed by atoms with van der Waals surface area (Å²) in [5, 5.41) is 3.59. The number of fused-ring (bicyclic) bond motifs is 2. The first-order valence-corrected chi connectivity index (χ1v) is 11.9. The van der Waals surface area contributed by atoms with Crippen LogP contribution in [0.3, 0.4) is 0 Å². The van der Waals surface area contributed by atoms with E-state index < -0.39 is 5.63 Å². The number of benzene rings is 2. The predicted molar refractivity (Wildman–Crippen MR) is 130 cm³/mol. The molecule has 0 aliphatic carbocycles. The normalized spacial score (nSPS) is 11.2. The standard InChI is InChI=1S/C23H22N2O6S2/c1-28-7-8-30-13-32-23-25-18-6-3-15(11-20(18)33-23)24-21(26)9-14-10-22(27)31-19-12-16(29-2)4-5-17(14)19/h3-6,10-12H,7-9,13H2,1-2H3,(H,24,26). The van der Waals surface area contributed by atoms with E-state index in [-0.39, 0.29) is 12.3 Å². The maximum atomic E-state index is 12.7. The number of aromatic nitrogens is 1. The predicted octanol–water partition coefficient (Wildman–Crippen LogP) is 4.31. The number of nitrogens with zero attached hydrogens (tertiary/aromatic N) is 1. The number of anilines is 1. The van der Waals surface area contributed by atoms with Crippen LogP contribution in [0.25, 0.3) is 21.2 Å². The molecule has 1 N–H and O–H groups in total. The van der Waals surface area contributed by atoms with E-state index in [2.05, 4.69) is 10.3 Å². The first-order valence-electron chi connectivity index (χ1n) is 10.1. The van der Waals surface area contributed by atoms with E-state index in [4.69, 9.17) is 18.6 Å². The van der Waals surface area contributed by atoms with Crippen LogP contribution < -0.4 is 15.7 Å². The molecule has 1 amide bonds. The zero-order valence-corrected chi connectivity index (χ0v) is 19.7. The Morgan fingerprint density at radius 2 is 2.03 bits per heavy atom. The average Bonchev–Trinajstić information content (AvgIpc) is 3.20. The lowest BCUT2D eigenvalue weighted by molar-refractivity contribution is -0.115. The highest BCUT2D eigenvalue weighted by Crippen LogP contribution is 2.31. The highest BCUT2D eigenvalue weighted by molar-refractivity contribution is 8.01. The molecule has 0 spiro atoms. The molecule has 0 unspecified atom stereocenters. The van der Waals surface area contributed by atoms with Gasteiger partial charge in [-0.2, -0.15) is 0 Å². The Morgan fingerprint density at radius 3 is 2.85 bits per heavy atom. The SMILES string of the molecule is COCCOCSc1nc2ccc(NC(=O)Cc3cc(=O)oc4cc(OC)ccc34)cc2s1. The van der Waals surface area contributed by atoms with E-state index in [1.807, 2.05) is 18.2 Å². The van der Waals surface area contributed by atoms with Crippen LogP contribution >= 0.6 is 23.1 Å². The van der Waals surface area contributed by atoms with Crippen LogP contribution in [-0.4, -0.2) is 44.3 Å². The van der Waals surface area contributed by atoms with Gasteiger partial charge >= 0.3 is 5.63 Å². The lowest BCUT2D eigenvalue weighted by atomic mass is 10.1. The number of carbonyl (C=O) groups excluding carboxylic acids is 1. The molecular formula is C23H22N2O6S2. The van der Waals surface area contributed by atoms with Crippen molar-refractivity contribution in [2.24, 2.45) is 0 Å². The second kappa shape index (κ2) is 10.8. The molecule has 8 nitrogen and oxygen atoms in total. The van der Waals surface area contributed by atoms with Crippen molar-refractivity contribution in [1.29, 1.82) is 0 Å². The van der Waals surface area contributed by atoms with Crippen molar-refractivity contribution in [3.05, 3.63) is 58.4 Å². The summed E-state index contributed by atoms with van der Waals surface area (Å²) < 4.78 is 22.7. The molecule has 4 rings (SSSR count). The number of nitrogens with one attached hydrogen (secondary N) is 1. The molecule has 0 saturated carbocycles. The van der Waals surface area contributed by atoms with Crippen LogP contribution in [0.4, 0.5) is 5.69 Å². The molecule has 0 bridgehead atoms. The fraction of sp³-hybridized carbons (Fsp3) is 0.261. The van der Waals surface area contributed by atoms with E-state index >= 15 is 0 Å². The molecule has 172 valence electrons. The van der Waals surface area contributed by atoms with Crippen molar-refractivity contribution in [1.82, 2.24) is 4.98 Å². The van der Waals surface area contributed by atoms with Gasteiger partial charge in [0.15, 0.2) is 4.34 Å². The van der Waals surface area contributed by atoms with Crippen molar-refractivity contribution in [2.75, 3.05) is 38.7 Å². The lowest BCUT2D eigenvalue weighted by Gasteiger charge is -2.08. The van der Waals surface area contributed by atoms with Gasteiger partial charge in [0.2, 0.25) is 5.91 Å². The van der Waals surface area contributed by atoms with E-state index in [1.54, 1.807) is 25.3 Å². The number of carbonyl (C=O) groups is 1. The minimum absolute atomic E-state index is 0.0368. The molecule has 10 heteroatoms. The quantitative estimate of drug-likeness (QED) is 0.153. The Kier molecular flexibility index (Phi) is 7.61. The third-order valence-corrected chi connectivity index (χ3v) is 6.78. The van der Waals surface area contributed by atoms with E-state index in [0.29, 0.717) is 47.1 Å². The van der Waals surface area contributed by atoms with Gasteiger partial charge in [-0.25, -0.2) is 9.78 Å². The molecule has 0 atom stereocenters. The van der Waals surface area contributed by atoms with E-state index in [1.165, 1.54) is 36.3 Å². The van der Waals surface area contributed by atoms with Crippen LogP contribution in [0.1, 0.15) is 5.56 Å². The minimum Gasteiger partial charge on any atom is -0.497 e. The smallest absolute Gasteiger partial charge is 0.336 e. The Labute approximate surface area is 197 Å². The highest BCUT2D eigenvalue weighted by Gasteiger charge is 2.12. The zero-order chi connectivity index (χ0) is 23.2. The minimum atomic E-state index is -0.513. The van der Waals surface area contributed by atoms with Crippen LogP contribution in [-0.2, 0) is 20.7 Å². The molecule has 4 aromatic rings. The zero-order valence-electron chi connectivity index (χ0n) is 18.1. The monoisotopic (exact) mass is 486 g/mol. The van der Waals surface area contributed by atoms with Crippen LogP contribution in [0.2, 0.25) is 0 Å². The second-order valence-corrected chi connectivity index (χ2v) is 9.20. The maximum absolute atomic E-state index is 12.7. The summed E-state index contributed by atoms with van der Waals surface area (Å²) in [5.41, 5.74) is 1.98.